The molecule has 0 bridgehead atoms. The molecule has 1 unspecified atom stereocenters. The van der Waals surface area contributed by atoms with Crippen molar-refractivity contribution in [3.63, 3.8) is 0 Å². The number of pyridine rings is 1. The fraction of sp³-hybridized carbons (Fsp3) is 0.647. The van der Waals surface area contributed by atoms with Gasteiger partial charge >= 0.3 is 0 Å². The molecule has 2 aliphatic rings. The number of aromatic nitrogens is 1. The van der Waals surface area contributed by atoms with Crippen molar-refractivity contribution in [1.29, 1.82) is 0 Å². The number of hydrogen-bond acceptors (Lipinski definition) is 2. The maximum atomic E-state index is 12.4. The molecule has 0 aliphatic heterocycles. The van der Waals surface area contributed by atoms with E-state index in [-0.39, 0.29) is 17.9 Å². The van der Waals surface area contributed by atoms with Gasteiger partial charge in [-0.15, -0.1) is 0 Å². The lowest BCUT2D eigenvalue weighted by molar-refractivity contribution is -0.126. The van der Waals surface area contributed by atoms with Crippen LogP contribution in [-0.2, 0) is 4.79 Å². The van der Waals surface area contributed by atoms with E-state index in [9.17, 15) is 4.79 Å². The molecule has 3 heteroatoms. The molecule has 1 amide bonds. The predicted octanol–water partition coefficient (Wildman–Crippen LogP) is 3.62. The molecule has 0 aromatic carbocycles. The van der Waals surface area contributed by atoms with Gasteiger partial charge in [-0.3, -0.25) is 9.78 Å². The van der Waals surface area contributed by atoms with Crippen molar-refractivity contribution < 1.29 is 4.79 Å². The maximum Gasteiger partial charge on any atom is 0.223 e. The quantitative estimate of drug-likeness (QED) is 0.909. The average Bonchev–Trinajstić information content (AvgIpc) is 3.18. The molecule has 2 saturated carbocycles. The van der Waals surface area contributed by atoms with E-state index in [1.54, 1.807) is 0 Å². The highest BCUT2D eigenvalue weighted by Crippen LogP contribution is 2.36. The Hall–Kier alpha value is -1.38. The van der Waals surface area contributed by atoms with Gasteiger partial charge in [0.1, 0.15) is 0 Å². The molecular formula is C17H24N2O. The first kappa shape index (κ1) is 13.6. The standard InChI is InChI=1S/C17H24N2O/c20-17(14-9-3-4-10-14)19-16(13-7-1-2-8-13)15-11-5-6-12-18-15/h5-6,11-14,16H,1-4,7-10H2,(H,19,20). The van der Waals surface area contributed by atoms with E-state index in [4.69, 9.17) is 0 Å². The predicted molar refractivity (Wildman–Crippen MR) is 79.0 cm³/mol. The van der Waals surface area contributed by atoms with Crippen LogP contribution < -0.4 is 5.32 Å². The van der Waals surface area contributed by atoms with Crippen molar-refractivity contribution in [3.05, 3.63) is 30.1 Å². The summed E-state index contributed by atoms with van der Waals surface area (Å²) in [6.07, 6.45) is 11.4. The van der Waals surface area contributed by atoms with Gasteiger partial charge in [0.05, 0.1) is 11.7 Å². The van der Waals surface area contributed by atoms with Crippen molar-refractivity contribution in [1.82, 2.24) is 10.3 Å². The summed E-state index contributed by atoms with van der Waals surface area (Å²) in [6, 6.07) is 6.13. The third-order valence-corrected chi connectivity index (χ3v) is 4.90. The third-order valence-electron chi connectivity index (χ3n) is 4.90. The molecule has 2 fully saturated rings. The molecule has 1 N–H and O–H groups in total. The number of nitrogens with one attached hydrogen (secondary N) is 1. The smallest absolute Gasteiger partial charge is 0.223 e. The number of hydrogen-bond donors (Lipinski definition) is 1. The van der Waals surface area contributed by atoms with Gasteiger partial charge in [-0.1, -0.05) is 31.7 Å². The molecule has 1 heterocycles. The molecule has 3 nitrogen and oxygen atoms in total. The third kappa shape index (κ3) is 3.02. The fourth-order valence-electron chi connectivity index (χ4n) is 3.74. The van der Waals surface area contributed by atoms with Gasteiger partial charge in [0.25, 0.3) is 0 Å². The topological polar surface area (TPSA) is 42.0 Å². The lowest BCUT2D eigenvalue weighted by atomic mass is 9.94. The maximum absolute atomic E-state index is 12.4. The Morgan fingerprint density at radius 1 is 1.10 bits per heavy atom. The zero-order chi connectivity index (χ0) is 13.8. The Morgan fingerprint density at radius 3 is 2.45 bits per heavy atom. The Kier molecular flexibility index (Phi) is 4.34. The molecule has 1 atom stereocenters. The van der Waals surface area contributed by atoms with Crippen LogP contribution >= 0.6 is 0 Å². The van der Waals surface area contributed by atoms with Crippen molar-refractivity contribution in [2.24, 2.45) is 11.8 Å². The van der Waals surface area contributed by atoms with Crippen LogP contribution in [0, 0.1) is 11.8 Å². The number of rotatable bonds is 4. The Labute approximate surface area is 121 Å². The Balaban J connectivity index is 1.73. The summed E-state index contributed by atoms with van der Waals surface area (Å²) in [7, 11) is 0. The lowest BCUT2D eigenvalue weighted by Crippen LogP contribution is -2.36. The van der Waals surface area contributed by atoms with Gasteiger partial charge in [-0.2, -0.15) is 0 Å². The molecule has 0 spiro atoms. The van der Waals surface area contributed by atoms with Gasteiger partial charge in [-0.05, 0) is 43.7 Å². The van der Waals surface area contributed by atoms with Crippen molar-refractivity contribution in [2.75, 3.05) is 0 Å². The average molecular weight is 272 g/mol. The first-order chi connectivity index (χ1) is 9.84. The van der Waals surface area contributed by atoms with Crippen LogP contribution in [0.25, 0.3) is 0 Å². The summed E-state index contributed by atoms with van der Waals surface area (Å²) in [5.74, 6) is 1.06. The largest absolute Gasteiger partial charge is 0.347 e. The summed E-state index contributed by atoms with van der Waals surface area (Å²) in [5, 5.41) is 3.32. The minimum atomic E-state index is 0.117. The van der Waals surface area contributed by atoms with Crippen LogP contribution in [0.4, 0.5) is 0 Å². The highest BCUT2D eigenvalue weighted by molar-refractivity contribution is 5.79. The van der Waals surface area contributed by atoms with Crippen molar-refractivity contribution in [3.8, 4) is 0 Å². The minimum absolute atomic E-state index is 0.117. The van der Waals surface area contributed by atoms with Gasteiger partial charge in [0.15, 0.2) is 0 Å². The lowest BCUT2D eigenvalue weighted by Gasteiger charge is -2.25. The number of nitrogens with zero attached hydrogens (tertiary/aromatic N) is 1. The van der Waals surface area contributed by atoms with Crippen molar-refractivity contribution >= 4 is 5.91 Å². The van der Waals surface area contributed by atoms with Crippen LogP contribution in [0.15, 0.2) is 24.4 Å². The molecule has 0 radical (unpaired) electrons. The van der Waals surface area contributed by atoms with E-state index >= 15 is 0 Å². The second kappa shape index (κ2) is 6.38. The molecule has 2 aliphatic carbocycles. The minimum Gasteiger partial charge on any atom is -0.347 e. The van der Waals surface area contributed by atoms with Gasteiger partial charge < -0.3 is 5.32 Å². The zero-order valence-corrected chi connectivity index (χ0v) is 12.1. The second-order valence-corrected chi connectivity index (χ2v) is 6.27. The molecule has 1 aromatic heterocycles. The first-order valence-corrected chi connectivity index (χ1v) is 8.06. The molecule has 108 valence electrons. The summed E-state index contributed by atoms with van der Waals surface area (Å²) in [5.41, 5.74) is 1.03. The van der Waals surface area contributed by atoms with Crippen LogP contribution in [-0.4, -0.2) is 10.9 Å². The molecule has 1 aromatic rings. The van der Waals surface area contributed by atoms with E-state index in [1.165, 1.54) is 38.5 Å². The summed E-state index contributed by atoms with van der Waals surface area (Å²) < 4.78 is 0. The van der Waals surface area contributed by atoms with Gasteiger partial charge in [0, 0.05) is 12.1 Å². The highest BCUT2D eigenvalue weighted by Gasteiger charge is 2.31. The van der Waals surface area contributed by atoms with E-state index in [0.29, 0.717) is 5.92 Å². The molecule has 20 heavy (non-hydrogen) atoms. The van der Waals surface area contributed by atoms with Crippen LogP contribution in [0.1, 0.15) is 63.1 Å². The first-order valence-electron chi connectivity index (χ1n) is 8.06. The number of carbonyl (C=O) groups excluding carboxylic acids is 1. The molecule has 0 saturated heterocycles. The van der Waals surface area contributed by atoms with E-state index in [0.717, 1.165) is 18.5 Å². The number of carbonyl (C=O) groups is 1. The van der Waals surface area contributed by atoms with Gasteiger partial charge in [-0.25, -0.2) is 0 Å². The SMILES string of the molecule is O=C(NC(c1ccccn1)C1CCCC1)C1CCCC1. The summed E-state index contributed by atoms with van der Waals surface area (Å²) >= 11 is 0. The summed E-state index contributed by atoms with van der Waals surface area (Å²) in [4.78, 5) is 16.9. The molecule has 3 rings (SSSR count). The van der Waals surface area contributed by atoms with Crippen LogP contribution in [0.5, 0.6) is 0 Å². The second-order valence-electron chi connectivity index (χ2n) is 6.27. The Morgan fingerprint density at radius 2 is 1.80 bits per heavy atom. The van der Waals surface area contributed by atoms with E-state index in [2.05, 4.69) is 16.4 Å². The van der Waals surface area contributed by atoms with E-state index in [1.807, 2.05) is 18.3 Å². The van der Waals surface area contributed by atoms with Crippen molar-refractivity contribution in [2.45, 2.75) is 57.4 Å². The monoisotopic (exact) mass is 272 g/mol. The van der Waals surface area contributed by atoms with E-state index < -0.39 is 0 Å². The van der Waals surface area contributed by atoms with Crippen LogP contribution in [0.3, 0.4) is 0 Å². The zero-order valence-electron chi connectivity index (χ0n) is 12.1. The highest BCUT2D eigenvalue weighted by atomic mass is 16.1. The molecular weight excluding hydrogens is 248 g/mol. The normalized spacial score (nSPS) is 22.0. The van der Waals surface area contributed by atoms with Gasteiger partial charge in [0.2, 0.25) is 5.91 Å². The summed E-state index contributed by atoms with van der Waals surface area (Å²) in [6.45, 7) is 0. The Bertz CT molecular complexity index is 434. The fourth-order valence-corrected chi connectivity index (χ4v) is 3.74. The number of amides is 1. The van der Waals surface area contributed by atoms with Crippen LogP contribution in [0.2, 0.25) is 0 Å².